The van der Waals surface area contributed by atoms with Gasteiger partial charge in [0.2, 0.25) is 11.8 Å². The van der Waals surface area contributed by atoms with E-state index >= 15 is 0 Å². The Hall–Kier alpha value is -2.63. The van der Waals surface area contributed by atoms with Gasteiger partial charge in [0.15, 0.2) is 5.58 Å². The summed E-state index contributed by atoms with van der Waals surface area (Å²) in [7, 11) is 0. The average molecular weight is 323 g/mol. The van der Waals surface area contributed by atoms with E-state index in [0.29, 0.717) is 30.2 Å². The second-order valence-corrected chi connectivity index (χ2v) is 6.75. The SMILES string of the molecule is O=C1CCC(c2noc3ccc4c(ccn4C4CCC4)c23)C(=O)N1. The predicted octanol–water partition coefficient (Wildman–Crippen LogP) is 3.03. The second kappa shape index (κ2) is 4.93. The Morgan fingerprint density at radius 3 is 2.79 bits per heavy atom. The molecule has 1 aliphatic carbocycles. The van der Waals surface area contributed by atoms with Crippen molar-refractivity contribution >= 4 is 33.7 Å². The van der Waals surface area contributed by atoms with Crippen molar-refractivity contribution in [2.24, 2.45) is 0 Å². The minimum absolute atomic E-state index is 0.217. The van der Waals surface area contributed by atoms with Crippen LogP contribution in [0.25, 0.3) is 21.9 Å². The number of rotatable bonds is 2. The molecule has 6 heteroatoms. The smallest absolute Gasteiger partial charge is 0.235 e. The molecule has 0 spiro atoms. The summed E-state index contributed by atoms with van der Waals surface area (Å²) >= 11 is 0. The first-order valence-corrected chi connectivity index (χ1v) is 8.45. The number of piperidine rings is 1. The highest BCUT2D eigenvalue weighted by atomic mass is 16.5. The third kappa shape index (κ3) is 1.85. The van der Waals surface area contributed by atoms with Crippen LogP contribution >= 0.6 is 0 Å². The van der Waals surface area contributed by atoms with Gasteiger partial charge in [-0.1, -0.05) is 5.16 Å². The van der Waals surface area contributed by atoms with E-state index in [0.717, 1.165) is 16.3 Å². The molecule has 1 aliphatic heterocycles. The molecule has 5 rings (SSSR count). The molecule has 24 heavy (non-hydrogen) atoms. The number of imide groups is 1. The number of benzene rings is 1. The highest BCUT2D eigenvalue weighted by molar-refractivity contribution is 6.09. The van der Waals surface area contributed by atoms with E-state index in [1.54, 1.807) is 0 Å². The summed E-state index contributed by atoms with van der Waals surface area (Å²) in [5.74, 6) is -0.927. The van der Waals surface area contributed by atoms with Crippen LogP contribution in [0.15, 0.2) is 28.9 Å². The summed E-state index contributed by atoms with van der Waals surface area (Å²) in [6.45, 7) is 0. The quantitative estimate of drug-likeness (QED) is 0.735. The van der Waals surface area contributed by atoms with Crippen molar-refractivity contribution in [3.8, 4) is 0 Å². The van der Waals surface area contributed by atoms with Crippen molar-refractivity contribution < 1.29 is 14.1 Å². The lowest BCUT2D eigenvalue weighted by atomic mass is 9.91. The molecule has 2 aliphatic rings. The van der Waals surface area contributed by atoms with Gasteiger partial charge in [-0.05, 0) is 43.9 Å². The van der Waals surface area contributed by atoms with Crippen LogP contribution in [-0.2, 0) is 9.59 Å². The fourth-order valence-corrected chi connectivity index (χ4v) is 3.88. The summed E-state index contributed by atoms with van der Waals surface area (Å²) in [6.07, 6.45) is 6.64. The van der Waals surface area contributed by atoms with Gasteiger partial charge in [0.25, 0.3) is 0 Å². The zero-order valence-corrected chi connectivity index (χ0v) is 13.1. The van der Waals surface area contributed by atoms with E-state index in [9.17, 15) is 9.59 Å². The molecule has 1 atom stereocenters. The molecule has 1 unspecified atom stereocenters. The maximum atomic E-state index is 12.2. The molecule has 0 radical (unpaired) electrons. The molecule has 3 heterocycles. The van der Waals surface area contributed by atoms with Crippen LogP contribution in [-0.4, -0.2) is 21.5 Å². The third-order valence-electron chi connectivity index (χ3n) is 5.40. The van der Waals surface area contributed by atoms with Crippen molar-refractivity contribution in [3.63, 3.8) is 0 Å². The molecule has 2 fully saturated rings. The van der Waals surface area contributed by atoms with Gasteiger partial charge in [0, 0.05) is 29.6 Å². The largest absolute Gasteiger partial charge is 0.356 e. The van der Waals surface area contributed by atoms with Crippen LogP contribution in [0.2, 0.25) is 0 Å². The van der Waals surface area contributed by atoms with Gasteiger partial charge in [0.05, 0.1) is 11.3 Å². The van der Waals surface area contributed by atoms with Crippen LogP contribution in [0.1, 0.15) is 49.8 Å². The van der Waals surface area contributed by atoms with Crippen LogP contribution in [0.3, 0.4) is 0 Å². The number of carbonyl (C=O) groups is 2. The van der Waals surface area contributed by atoms with Gasteiger partial charge in [-0.25, -0.2) is 0 Å². The van der Waals surface area contributed by atoms with E-state index in [4.69, 9.17) is 4.52 Å². The van der Waals surface area contributed by atoms with Crippen molar-refractivity contribution in [1.29, 1.82) is 0 Å². The molecule has 122 valence electrons. The van der Waals surface area contributed by atoms with Gasteiger partial charge in [-0.2, -0.15) is 0 Å². The number of carbonyl (C=O) groups excluding carboxylic acids is 2. The first kappa shape index (κ1) is 13.8. The van der Waals surface area contributed by atoms with E-state index in [2.05, 4.69) is 33.4 Å². The maximum Gasteiger partial charge on any atom is 0.235 e. The van der Waals surface area contributed by atoms with Crippen molar-refractivity contribution in [3.05, 3.63) is 30.1 Å². The molecule has 1 saturated heterocycles. The van der Waals surface area contributed by atoms with Crippen molar-refractivity contribution in [2.75, 3.05) is 0 Å². The Labute approximate surface area is 137 Å². The van der Waals surface area contributed by atoms with E-state index in [-0.39, 0.29) is 11.8 Å². The number of nitrogens with one attached hydrogen (secondary N) is 1. The molecular weight excluding hydrogens is 306 g/mol. The fraction of sp³-hybridized carbons (Fsp3) is 0.389. The van der Waals surface area contributed by atoms with Crippen LogP contribution in [0.5, 0.6) is 0 Å². The number of hydrogen-bond acceptors (Lipinski definition) is 4. The lowest BCUT2D eigenvalue weighted by Crippen LogP contribution is -2.39. The normalized spacial score (nSPS) is 22.1. The second-order valence-electron chi connectivity index (χ2n) is 6.75. The van der Waals surface area contributed by atoms with Crippen molar-refractivity contribution in [1.82, 2.24) is 15.0 Å². The van der Waals surface area contributed by atoms with Gasteiger partial charge < -0.3 is 9.09 Å². The first-order chi connectivity index (χ1) is 11.7. The average Bonchev–Trinajstić information content (AvgIpc) is 3.10. The lowest BCUT2D eigenvalue weighted by Gasteiger charge is -2.28. The summed E-state index contributed by atoms with van der Waals surface area (Å²) in [6, 6.07) is 6.64. The highest BCUT2D eigenvalue weighted by Gasteiger charge is 2.33. The Morgan fingerprint density at radius 2 is 2.04 bits per heavy atom. The number of fused-ring (bicyclic) bond motifs is 3. The standard InChI is InChI=1S/C18H17N3O3/c22-15-7-4-12(18(23)19-15)17-16-11-8-9-21(10-2-1-3-10)13(11)5-6-14(16)24-20-17/h5-6,8-10,12H,1-4,7H2,(H,19,22,23). The minimum atomic E-state index is -0.429. The zero-order valence-electron chi connectivity index (χ0n) is 13.1. The Kier molecular flexibility index (Phi) is 2.83. The molecule has 2 aromatic heterocycles. The molecule has 2 amide bonds. The van der Waals surface area contributed by atoms with E-state index in [1.165, 1.54) is 19.3 Å². The topological polar surface area (TPSA) is 77.1 Å². The van der Waals surface area contributed by atoms with Gasteiger partial charge >= 0.3 is 0 Å². The number of nitrogens with zero attached hydrogens (tertiary/aromatic N) is 2. The third-order valence-corrected chi connectivity index (χ3v) is 5.40. The fourth-order valence-electron chi connectivity index (χ4n) is 3.88. The highest BCUT2D eigenvalue weighted by Crippen LogP contribution is 2.39. The molecule has 1 aromatic carbocycles. The maximum absolute atomic E-state index is 12.2. The zero-order chi connectivity index (χ0) is 16.3. The predicted molar refractivity (Wildman–Crippen MR) is 87.5 cm³/mol. The first-order valence-electron chi connectivity index (χ1n) is 8.45. The molecule has 0 bridgehead atoms. The summed E-state index contributed by atoms with van der Waals surface area (Å²) in [5.41, 5.74) is 2.49. The van der Waals surface area contributed by atoms with E-state index in [1.807, 2.05) is 6.07 Å². The van der Waals surface area contributed by atoms with Gasteiger partial charge in [-0.3, -0.25) is 14.9 Å². The minimum Gasteiger partial charge on any atom is -0.356 e. The molecule has 1 N–H and O–H groups in total. The number of hydrogen-bond donors (Lipinski definition) is 1. The van der Waals surface area contributed by atoms with Gasteiger partial charge in [0.1, 0.15) is 5.69 Å². The monoisotopic (exact) mass is 323 g/mol. The molecule has 3 aromatic rings. The Morgan fingerprint density at radius 1 is 1.17 bits per heavy atom. The summed E-state index contributed by atoms with van der Waals surface area (Å²) < 4.78 is 7.79. The van der Waals surface area contributed by atoms with Crippen LogP contribution < -0.4 is 5.32 Å². The van der Waals surface area contributed by atoms with E-state index < -0.39 is 5.92 Å². The summed E-state index contributed by atoms with van der Waals surface area (Å²) in [4.78, 5) is 23.6. The van der Waals surface area contributed by atoms with Crippen LogP contribution in [0, 0.1) is 0 Å². The molecule has 6 nitrogen and oxygen atoms in total. The Bertz CT molecular complexity index is 980. The Balaban J connectivity index is 1.68. The summed E-state index contributed by atoms with van der Waals surface area (Å²) in [5, 5.41) is 8.56. The molecule has 1 saturated carbocycles. The molecular formula is C18H17N3O3. The number of aromatic nitrogens is 2. The van der Waals surface area contributed by atoms with Gasteiger partial charge in [-0.15, -0.1) is 0 Å². The van der Waals surface area contributed by atoms with Crippen LogP contribution in [0.4, 0.5) is 0 Å². The lowest BCUT2D eigenvalue weighted by molar-refractivity contribution is -0.134. The van der Waals surface area contributed by atoms with Crippen molar-refractivity contribution in [2.45, 2.75) is 44.1 Å². The number of amides is 2.